The quantitative estimate of drug-likeness (QED) is 0.673. The maximum atomic E-state index is 12.7. The Balaban J connectivity index is 1.49. The summed E-state index contributed by atoms with van der Waals surface area (Å²) < 4.78 is 0. The fourth-order valence-electron chi connectivity index (χ4n) is 3.42. The monoisotopic (exact) mass is 379 g/mol. The summed E-state index contributed by atoms with van der Waals surface area (Å²) in [5, 5.41) is 8.18. The molecule has 4 nitrogen and oxygen atoms in total. The standard InChI is InChI=1S/C22H22ClN3O/c1-15-10-12-26(13-11-15)22(27)18-4-2-16(3-5-18)20-14-21(25-24-20)17-6-8-19(23)9-7-17/h2-9,14-15H,10-13H2,1H3,(H,24,25). The highest BCUT2D eigenvalue weighted by Crippen LogP contribution is 2.26. The highest BCUT2D eigenvalue weighted by atomic mass is 35.5. The molecule has 1 saturated heterocycles. The highest BCUT2D eigenvalue weighted by molar-refractivity contribution is 6.30. The van der Waals surface area contributed by atoms with Gasteiger partial charge in [-0.05, 0) is 54.7 Å². The van der Waals surface area contributed by atoms with E-state index in [1.54, 1.807) is 0 Å². The Morgan fingerprint density at radius 1 is 1.04 bits per heavy atom. The van der Waals surface area contributed by atoms with Gasteiger partial charge in [0.15, 0.2) is 0 Å². The molecule has 138 valence electrons. The summed E-state index contributed by atoms with van der Waals surface area (Å²) in [6, 6.07) is 17.4. The first-order chi connectivity index (χ1) is 13.1. The minimum absolute atomic E-state index is 0.123. The van der Waals surface area contributed by atoms with Crippen LogP contribution in [0.5, 0.6) is 0 Å². The number of aromatic amines is 1. The van der Waals surface area contributed by atoms with E-state index in [2.05, 4.69) is 17.1 Å². The van der Waals surface area contributed by atoms with Gasteiger partial charge in [0.2, 0.25) is 0 Å². The van der Waals surface area contributed by atoms with Crippen molar-refractivity contribution in [1.29, 1.82) is 0 Å². The number of carbonyl (C=O) groups excluding carboxylic acids is 1. The van der Waals surface area contributed by atoms with Crippen LogP contribution in [0.25, 0.3) is 22.5 Å². The van der Waals surface area contributed by atoms with Crippen molar-refractivity contribution in [2.45, 2.75) is 19.8 Å². The van der Waals surface area contributed by atoms with Crippen LogP contribution >= 0.6 is 11.6 Å². The summed E-state index contributed by atoms with van der Waals surface area (Å²) in [5.74, 6) is 0.836. The zero-order valence-electron chi connectivity index (χ0n) is 15.3. The van der Waals surface area contributed by atoms with Crippen LogP contribution in [-0.4, -0.2) is 34.1 Å². The van der Waals surface area contributed by atoms with E-state index in [-0.39, 0.29) is 5.91 Å². The van der Waals surface area contributed by atoms with Crippen LogP contribution < -0.4 is 0 Å². The second-order valence-electron chi connectivity index (χ2n) is 7.23. The van der Waals surface area contributed by atoms with Gasteiger partial charge < -0.3 is 4.90 Å². The summed E-state index contributed by atoms with van der Waals surface area (Å²) in [4.78, 5) is 14.6. The van der Waals surface area contributed by atoms with Gasteiger partial charge in [0.05, 0.1) is 11.4 Å². The minimum atomic E-state index is 0.123. The van der Waals surface area contributed by atoms with Crippen LogP contribution in [0, 0.1) is 5.92 Å². The molecule has 5 heteroatoms. The van der Waals surface area contributed by atoms with Crippen LogP contribution in [0.3, 0.4) is 0 Å². The van der Waals surface area contributed by atoms with E-state index in [4.69, 9.17) is 11.6 Å². The fourth-order valence-corrected chi connectivity index (χ4v) is 3.55. The largest absolute Gasteiger partial charge is 0.339 e. The van der Waals surface area contributed by atoms with Crippen molar-refractivity contribution in [3.8, 4) is 22.5 Å². The fraction of sp³-hybridized carbons (Fsp3) is 0.273. The third-order valence-corrected chi connectivity index (χ3v) is 5.48. The van der Waals surface area contributed by atoms with Crippen molar-refractivity contribution < 1.29 is 4.79 Å². The predicted octanol–water partition coefficient (Wildman–Crippen LogP) is 5.27. The number of benzene rings is 2. The first kappa shape index (κ1) is 17.8. The molecule has 0 atom stereocenters. The van der Waals surface area contributed by atoms with Gasteiger partial charge in [-0.1, -0.05) is 42.8 Å². The number of likely N-dealkylation sites (tertiary alicyclic amines) is 1. The van der Waals surface area contributed by atoms with Gasteiger partial charge in [0.25, 0.3) is 5.91 Å². The number of H-pyrrole nitrogens is 1. The van der Waals surface area contributed by atoms with Gasteiger partial charge in [-0.2, -0.15) is 5.10 Å². The molecule has 1 N–H and O–H groups in total. The SMILES string of the molecule is CC1CCN(C(=O)c2ccc(-c3cc(-c4ccc(Cl)cc4)[nH]n3)cc2)CC1. The molecule has 27 heavy (non-hydrogen) atoms. The summed E-state index contributed by atoms with van der Waals surface area (Å²) in [6.07, 6.45) is 2.18. The number of nitrogens with one attached hydrogen (secondary N) is 1. The molecular weight excluding hydrogens is 358 g/mol. The van der Waals surface area contributed by atoms with Gasteiger partial charge >= 0.3 is 0 Å². The number of piperidine rings is 1. The summed E-state index contributed by atoms with van der Waals surface area (Å²) >= 11 is 5.95. The van der Waals surface area contributed by atoms with Gasteiger partial charge in [-0.3, -0.25) is 9.89 Å². The summed E-state index contributed by atoms with van der Waals surface area (Å²) in [7, 11) is 0. The van der Waals surface area contributed by atoms with E-state index in [1.807, 2.05) is 59.5 Å². The maximum absolute atomic E-state index is 12.7. The lowest BCUT2D eigenvalue weighted by Crippen LogP contribution is -2.37. The number of rotatable bonds is 3. The number of hydrogen-bond acceptors (Lipinski definition) is 2. The van der Waals surface area contributed by atoms with Crippen molar-refractivity contribution in [1.82, 2.24) is 15.1 Å². The molecule has 0 aliphatic carbocycles. The molecule has 0 radical (unpaired) electrons. The maximum Gasteiger partial charge on any atom is 0.253 e. The topological polar surface area (TPSA) is 49.0 Å². The molecule has 1 fully saturated rings. The number of halogens is 1. The molecule has 0 spiro atoms. The van der Waals surface area contributed by atoms with Crippen molar-refractivity contribution in [3.63, 3.8) is 0 Å². The number of aromatic nitrogens is 2. The van der Waals surface area contributed by atoms with Crippen LogP contribution in [0.15, 0.2) is 54.6 Å². The first-order valence-electron chi connectivity index (χ1n) is 9.31. The molecule has 2 aromatic carbocycles. The van der Waals surface area contributed by atoms with E-state index >= 15 is 0 Å². The lowest BCUT2D eigenvalue weighted by molar-refractivity contribution is 0.0697. The Hall–Kier alpha value is -2.59. The molecule has 1 aliphatic heterocycles. The number of hydrogen-bond donors (Lipinski definition) is 1. The molecule has 2 heterocycles. The molecule has 1 aromatic heterocycles. The van der Waals surface area contributed by atoms with Crippen molar-refractivity contribution in [3.05, 3.63) is 65.2 Å². The molecule has 0 unspecified atom stereocenters. The Morgan fingerprint density at radius 2 is 1.67 bits per heavy atom. The van der Waals surface area contributed by atoms with Gasteiger partial charge in [-0.25, -0.2) is 0 Å². The third-order valence-electron chi connectivity index (χ3n) is 5.23. The highest BCUT2D eigenvalue weighted by Gasteiger charge is 2.21. The zero-order valence-corrected chi connectivity index (χ0v) is 16.0. The Morgan fingerprint density at radius 3 is 2.33 bits per heavy atom. The van der Waals surface area contributed by atoms with Crippen LogP contribution in [0.4, 0.5) is 0 Å². The Labute approximate surface area is 164 Å². The minimum Gasteiger partial charge on any atom is -0.339 e. The average molecular weight is 380 g/mol. The van der Waals surface area contributed by atoms with Crippen molar-refractivity contribution >= 4 is 17.5 Å². The van der Waals surface area contributed by atoms with Crippen molar-refractivity contribution in [2.24, 2.45) is 5.92 Å². The second kappa shape index (κ2) is 7.57. The average Bonchev–Trinajstić information content (AvgIpc) is 3.19. The second-order valence-corrected chi connectivity index (χ2v) is 7.66. The molecule has 4 rings (SSSR count). The Bertz CT molecular complexity index is 923. The Kier molecular flexibility index (Phi) is 4.99. The van der Waals surface area contributed by atoms with E-state index in [9.17, 15) is 4.79 Å². The smallest absolute Gasteiger partial charge is 0.253 e. The third kappa shape index (κ3) is 3.91. The van der Waals surface area contributed by atoms with Gasteiger partial charge in [-0.15, -0.1) is 0 Å². The van der Waals surface area contributed by atoms with E-state index in [1.165, 1.54) is 0 Å². The van der Waals surface area contributed by atoms with Gasteiger partial charge in [0.1, 0.15) is 0 Å². The van der Waals surface area contributed by atoms with Crippen LogP contribution in [0.2, 0.25) is 5.02 Å². The zero-order chi connectivity index (χ0) is 18.8. The van der Waals surface area contributed by atoms with Gasteiger partial charge in [0, 0.05) is 29.2 Å². The normalized spacial score (nSPS) is 15.1. The van der Waals surface area contributed by atoms with Crippen LogP contribution in [-0.2, 0) is 0 Å². The molecule has 1 amide bonds. The molecule has 1 aliphatic rings. The van der Waals surface area contributed by atoms with E-state index in [0.29, 0.717) is 10.9 Å². The lowest BCUT2D eigenvalue weighted by atomic mass is 9.98. The molecule has 0 saturated carbocycles. The lowest BCUT2D eigenvalue weighted by Gasteiger charge is -2.30. The predicted molar refractivity (Wildman–Crippen MR) is 109 cm³/mol. The molecule has 3 aromatic rings. The summed E-state index contributed by atoms with van der Waals surface area (Å²) in [5.41, 5.74) is 4.54. The first-order valence-corrected chi connectivity index (χ1v) is 9.69. The summed E-state index contributed by atoms with van der Waals surface area (Å²) in [6.45, 7) is 3.95. The number of amides is 1. The molecule has 0 bridgehead atoms. The van der Waals surface area contributed by atoms with Crippen LogP contribution in [0.1, 0.15) is 30.1 Å². The molecular formula is C22H22ClN3O. The van der Waals surface area contributed by atoms with Crippen molar-refractivity contribution in [2.75, 3.05) is 13.1 Å². The number of carbonyl (C=O) groups is 1. The van der Waals surface area contributed by atoms with E-state index in [0.717, 1.165) is 54.0 Å². The number of nitrogens with zero attached hydrogens (tertiary/aromatic N) is 2. The van der Waals surface area contributed by atoms with E-state index < -0.39 is 0 Å².